The first kappa shape index (κ1) is 8.78. The topological polar surface area (TPSA) is 12.0 Å². The molecule has 1 aromatic carbocycles. The summed E-state index contributed by atoms with van der Waals surface area (Å²) in [4.78, 5) is 0. The van der Waals surface area contributed by atoms with Gasteiger partial charge < -0.3 is 5.32 Å². The number of benzene rings is 1. The first-order valence-corrected chi connectivity index (χ1v) is 5.42. The smallest absolute Gasteiger partial charge is 0.0542 e. The Balaban J connectivity index is 2.36. The van der Waals surface area contributed by atoms with E-state index >= 15 is 0 Å². The van der Waals surface area contributed by atoms with Gasteiger partial charge in [0.25, 0.3) is 0 Å². The van der Waals surface area contributed by atoms with E-state index < -0.39 is 0 Å². The van der Waals surface area contributed by atoms with E-state index in [0.717, 1.165) is 11.6 Å². The maximum atomic E-state index is 6.00. The highest BCUT2D eigenvalue weighted by Gasteiger charge is 2.21. The largest absolute Gasteiger partial charge is 0.310 e. The summed E-state index contributed by atoms with van der Waals surface area (Å²) in [7, 11) is 0. The van der Waals surface area contributed by atoms with Crippen LogP contribution in [0, 0.1) is 3.57 Å². The highest BCUT2D eigenvalue weighted by atomic mass is 127. The Morgan fingerprint density at radius 2 is 2.25 bits per heavy atom. The molecule has 0 aromatic heterocycles. The van der Waals surface area contributed by atoms with Crippen molar-refractivity contribution < 1.29 is 0 Å². The number of hydrogen-bond acceptors (Lipinski definition) is 1. The number of hydrogen-bond donors (Lipinski definition) is 1. The zero-order valence-corrected chi connectivity index (χ0v) is 9.39. The molecule has 1 saturated heterocycles. The second kappa shape index (κ2) is 3.52. The van der Waals surface area contributed by atoms with Crippen LogP contribution in [0.3, 0.4) is 0 Å². The fourth-order valence-electron chi connectivity index (χ4n) is 1.34. The molecule has 64 valence electrons. The van der Waals surface area contributed by atoms with Gasteiger partial charge in [-0.3, -0.25) is 0 Å². The summed E-state index contributed by atoms with van der Waals surface area (Å²) in [6.07, 6.45) is 1.23. The van der Waals surface area contributed by atoms with Gasteiger partial charge in [0.2, 0.25) is 0 Å². The molecule has 2 rings (SSSR count). The Morgan fingerprint density at radius 3 is 2.83 bits per heavy atom. The average Bonchev–Trinajstić information content (AvgIpc) is 1.95. The van der Waals surface area contributed by atoms with E-state index in [-0.39, 0.29) is 0 Å². The van der Waals surface area contributed by atoms with Crippen molar-refractivity contribution >= 4 is 34.2 Å². The Kier molecular flexibility index (Phi) is 2.57. The molecule has 1 heterocycles. The van der Waals surface area contributed by atoms with E-state index in [1.807, 2.05) is 12.1 Å². The minimum absolute atomic E-state index is 0.538. The second-order valence-corrected chi connectivity index (χ2v) is 4.42. The van der Waals surface area contributed by atoms with Gasteiger partial charge in [-0.05, 0) is 47.2 Å². The third kappa shape index (κ3) is 1.47. The summed E-state index contributed by atoms with van der Waals surface area (Å²) in [6.45, 7) is 1.13. The molecule has 0 radical (unpaired) electrons. The summed E-state index contributed by atoms with van der Waals surface area (Å²) < 4.78 is 1.19. The molecular weight excluding hydrogens is 284 g/mol. The van der Waals surface area contributed by atoms with Crippen LogP contribution >= 0.6 is 34.2 Å². The molecule has 1 atom stereocenters. The van der Waals surface area contributed by atoms with E-state index in [1.165, 1.54) is 15.6 Å². The highest BCUT2D eigenvalue weighted by molar-refractivity contribution is 14.1. The Bertz CT molecular complexity index is 297. The quantitative estimate of drug-likeness (QED) is 0.785. The van der Waals surface area contributed by atoms with Crippen LogP contribution in [-0.4, -0.2) is 6.54 Å². The lowest BCUT2D eigenvalue weighted by Crippen LogP contribution is -2.35. The van der Waals surface area contributed by atoms with Gasteiger partial charge in [-0.15, -0.1) is 0 Å². The lowest BCUT2D eigenvalue weighted by molar-refractivity contribution is 0.382. The molecule has 1 aliphatic rings. The average molecular weight is 294 g/mol. The summed E-state index contributed by atoms with van der Waals surface area (Å²) in [5.74, 6) is 0. The van der Waals surface area contributed by atoms with Crippen LogP contribution in [0.4, 0.5) is 0 Å². The third-order valence-corrected chi connectivity index (χ3v) is 4.02. The van der Waals surface area contributed by atoms with Crippen LogP contribution in [0.5, 0.6) is 0 Å². The first-order chi connectivity index (χ1) is 5.79. The normalized spacial score (nSPS) is 22.0. The highest BCUT2D eigenvalue weighted by Crippen LogP contribution is 2.30. The molecule has 1 unspecified atom stereocenters. The molecule has 3 heteroatoms. The number of halogens is 2. The van der Waals surface area contributed by atoms with E-state index in [0.29, 0.717) is 6.04 Å². The molecular formula is C9H9ClIN. The van der Waals surface area contributed by atoms with Gasteiger partial charge in [-0.25, -0.2) is 0 Å². The predicted molar refractivity (Wildman–Crippen MR) is 59.5 cm³/mol. The molecule has 12 heavy (non-hydrogen) atoms. The van der Waals surface area contributed by atoms with Gasteiger partial charge in [0.05, 0.1) is 5.02 Å². The standard InChI is InChI=1S/C9H9ClIN/c10-7-3-1-2-6(9(7)11)8-4-5-12-8/h1-3,8,12H,4-5H2. The van der Waals surface area contributed by atoms with Crippen molar-refractivity contribution in [2.75, 3.05) is 6.54 Å². The molecule has 1 aliphatic heterocycles. The predicted octanol–water partition coefficient (Wildman–Crippen LogP) is 2.98. The molecule has 1 fully saturated rings. The second-order valence-electron chi connectivity index (χ2n) is 2.94. The van der Waals surface area contributed by atoms with Crippen LogP contribution in [0.25, 0.3) is 0 Å². The lowest BCUT2D eigenvalue weighted by atomic mass is 9.98. The van der Waals surface area contributed by atoms with Crippen molar-refractivity contribution in [3.05, 3.63) is 32.4 Å². The minimum Gasteiger partial charge on any atom is -0.310 e. The van der Waals surface area contributed by atoms with Crippen LogP contribution < -0.4 is 5.32 Å². The van der Waals surface area contributed by atoms with Gasteiger partial charge in [-0.1, -0.05) is 23.7 Å². The van der Waals surface area contributed by atoms with Gasteiger partial charge in [0.15, 0.2) is 0 Å². The van der Waals surface area contributed by atoms with E-state index in [1.54, 1.807) is 0 Å². The Hall–Kier alpha value is 0.200. The third-order valence-electron chi connectivity index (χ3n) is 2.18. The fourth-order valence-corrected chi connectivity index (χ4v) is 2.26. The van der Waals surface area contributed by atoms with Gasteiger partial charge in [0.1, 0.15) is 0 Å². The monoisotopic (exact) mass is 293 g/mol. The molecule has 0 aliphatic carbocycles. The minimum atomic E-state index is 0.538. The van der Waals surface area contributed by atoms with Gasteiger partial charge in [-0.2, -0.15) is 0 Å². The first-order valence-electron chi connectivity index (χ1n) is 3.96. The molecule has 0 saturated carbocycles. The summed E-state index contributed by atoms with van der Waals surface area (Å²) in [6, 6.07) is 6.63. The van der Waals surface area contributed by atoms with E-state index in [2.05, 4.69) is 34.0 Å². The molecule has 0 bridgehead atoms. The number of nitrogens with one attached hydrogen (secondary N) is 1. The zero-order valence-electron chi connectivity index (χ0n) is 6.48. The summed E-state index contributed by atoms with van der Waals surface area (Å²) >= 11 is 8.31. The van der Waals surface area contributed by atoms with Crippen molar-refractivity contribution in [2.24, 2.45) is 0 Å². The summed E-state index contributed by atoms with van der Waals surface area (Å²) in [5.41, 5.74) is 1.34. The van der Waals surface area contributed by atoms with Crippen molar-refractivity contribution in [3.8, 4) is 0 Å². The van der Waals surface area contributed by atoms with Crippen molar-refractivity contribution in [1.29, 1.82) is 0 Å². The fraction of sp³-hybridized carbons (Fsp3) is 0.333. The Morgan fingerprint density at radius 1 is 1.50 bits per heavy atom. The van der Waals surface area contributed by atoms with Crippen molar-refractivity contribution in [3.63, 3.8) is 0 Å². The molecule has 1 N–H and O–H groups in total. The van der Waals surface area contributed by atoms with Crippen LogP contribution in [0.2, 0.25) is 5.02 Å². The number of rotatable bonds is 1. The molecule has 1 nitrogen and oxygen atoms in total. The SMILES string of the molecule is Clc1cccc(C2CCN2)c1I. The molecule has 0 amide bonds. The van der Waals surface area contributed by atoms with Crippen molar-refractivity contribution in [1.82, 2.24) is 5.32 Å². The van der Waals surface area contributed by atoms with E-state index in [9.17, 15) is 0 Å². The maximum absolute atomic E-state index is 6.00. The van der Waals surface area contributed by atoms with Gasteiger partial charge >= 0.3 is 0 Å². The van der Waals surface area contributed by atoms with Gasteiger partial charge in [0, 0.05) is 9.61 Å². The molecule has 1 aromatic rings. The molecule has 0 spiro atoms. The van der Waals surface area contributed by atoms with Crippen molar-refractivity contribution in [2.45, 2.75) is 12.5 Å². The zero-order chi connectivity index (χ0) is 8.55. The van der Waals surface area contributed by atoms with Crippen LogP contribution in [0.15, 0.2) is 18.2 Å². The Labute approximate surface area is 90.6 Å². The summed E-state index contributed by atoms with van der Waals surface area (Å²) in [5, 5.41) is 4.23. The lowest BCUT2D eigenvalue weighted by Gasteiger charge is -2.29. The van der Waals surface area contributed by atoms with E-state index in [4.69, 9.17) is 11.6 Å². The maximum Gasteiger partial charge on any atom is 0.0542 e. The van der Waals surface area contributed by atoms with Crippen LogP contribution in [0.1, 0.15) is 18.0 Å². The van der Waals surface area contributed by atoms with Crippen LogP contribution in [-0.2, 0) is 0 Å².